The number of carboxylic acid groups (broad SMARTS) is 1. The summed E-state index contributed by atoms with van der Waals surface area (Å²) in [7, 11) is 0. The first-order chi connectivity index (χ1) is 10.2. The standard InChI is InChI=1S/C10H13ClN2OS.C2HF3O2/c11-9-4-3-8(15-9)10(14)13-6-7-2-1-5-12-7;3-2(4,5)1(6)7/h3-4,7,12H,1-2,5-6H2,(H,13,14);(H,6,7). The Hall–Kier alpha value is -1.32. The van der Waals surface area contributed by atoms with Gasteiger partial charge < -0.3 is 15.7 Å². The second-order valence-corrected chi connectivity index (χ2v) is 6.13. The Morgan fingerprint density at radius 3 is 2.50 bits per heavy atom. The highest BCUT2D eigenvalue weighted by Crippen LogP contribution is 2.21. The van der Waals surface area contributed by atoms with Crippen molar-refractivity contribution < 1.29 is 27.9 Å². The van der Waals surface area contributed by atoms with E-state index in [0.29, 0.717) is 21.8 Å². The molecule has 2 rings (SSSR count). The van der Waals surface area contributed by atoms with Crippen molar-refractivity contribution in [3.05, 3.63) is 21.3 Å². The van der Waals surface area contributed by atoms with Crippen molar-refractivity contribution in [1.29, 1.82) is 0 Å². The predicted octanol–water partition coefficient (Wildman–Crippen LogP) is 2.52. The molecule has 124 valence electrons. The van der Waals surface area contributed by atoms with Crippen molar-refractivity contribution in [3.8, 4) is 0 Å². The van der Waals surface area contributed by atoms with E-state index in [4.69, 9.17) is 21.5 Å². The first-order valence-corrected chi connectivity index (χ1v) is 7.46. The Morgan fingerprint density at radius 1 is 1.45 bits per heavy atom. The molecule has 1 aromatic rings. The number of nitrogens with one attached hydrogen (secondary N) is 2. The summed E-state index contributed by atoms with van der Waals surface area (Å²) >= 11 is 7.07. The van der Waals surface area contributed by atoms with Gasteiger partial charge in [-0.15, -0.1) is 11.3 Å². The second-order valence-electron chi connectivity index (χ2n) is 4.41. The van der Waals surface area contributed by atoms with Gasteiger partial charge in [-0.1, -0.05) is 11.6 Å². The van der Waals surface area contributed by atoms with Crippen LogP contribution in [-0.4, -0.2) is 42.3 Å². The molecule has 0 bridgehead atoms. The van der Waals surface area contributed by atoms with Crippen LogP contribution in [0.15, 0.2) is 12.1 Å². The van der Waals surface area contributed by atoms with Crippen molar-refractivity contribution >= 4 is 34.8 Å². The van der Waals surface area contributed by atoms with Crippen molar-refractivity contribution in [2.24, 2.45) is 0 Å². The van der Waals surface area contributed by atoms with Crippen LogP contribution in [0.4, 0.5) is 13.2 Å². The third-order valence-corrected chi connectivity index (χ3v) is 3.94. The maximum Gasteiger partial charge on any atom is 0.490 e. The molecule has 1 saturated heterocycles. The molecule has 1 aliphatic rings. The lowest BCUT2D eigenvalue weighted by atomic mass is 10.2. The highest BCUT2D eigenvalue weighted by atomic mass is 35.5. The lowest BCUT2D eigenvalue weighted by Crippen LogP contribution is -2.36. The van der Waals surface area contributed by atoms with Gasteiger partial charge in [-0.2, -0.15) is 13.2 Å². The first-order valence-electron chi connectivity index (χ1n) is 6.27. The fraction of sp³-hybridized carbons (Fsp3) is 0.500. The summed E-state index contributed by atoms with van der Waals surface area (Å²) in [6.45, 7) is 1.76. The molecule has 2 heterocycles. The van der Waals surface area contributed by atoms with Gasteiger partial charge in [-0.05, 0) is 31.5 Å². The topological polar surface area (TPSA) is 78.4 Å². The van der Waals surface area contributed by atoms with Gasteiger partial charge in [0.25, 0.3) is 5.91 Å². The van der Waals surface area contributed by atoms with Crippen molar-refractivity contribution in [3.63, 3.8) is 0 Å². The van der Waals surface area contributed by atoms with E-state index in [0.717, 1.165) is 13.0 Å². The Kier molecular flexibility index (Phi) is 7.11. The molecule has 22 heavy (non-hydrogen) atoms. The zero-order valence-corrected chi connectivity index (χ0v) is 12.8. The fourth-order valence-corrected chi connectivity index (χ4v) is 2.63. The molecule has 10 heteroatoms. The largest absolute Gasteiger partial charge is 0.490 e. The lowest BCUT2D eigenvalue weighted by molar-refractivity contribution is -0.192. The number of hydrogen-bond donors (Lipinski definition) is 3. The SMILES string of the molecule is O=C(NCC1CCCN1)c1ccc(Cl)s1.O=C(O)C(F)(F)F. The molecular formula is C12H14ClF3N2O3S. The molecule has 1 aromatic heterocycles. The van der Waals surface area contributed by atoms with Crippen LogP contribution in [0.3, 0.4) is 0 Å². The van der Waals surface area contributed by atoms with E-state index in [-0.39, 0.29) is 5.91 Å². The van der Waals surface area contributed by atoms with E-state index in [1.807, 2.05) is 0 Å². The lowest BCUT2D eigenvalue weighted by Gasteiger charge is -2.10. The molecule has 0 aromatic carbocycles. The highest BCUT2D eigenvalue weighted by Gasteiger charge is 2.38. The quantitative estimate of drug-likeness (QED) is 0.776. The summed E-state index contributed by atoms with van der Waals surface area (Å²) in [5.74, 6) is -2.78. The van der Waals surface area contributed by atoms with Gasteiger partial charge in [-0.25, -0.2) is 4.79 Å². The minimum Gasteiger partial charge on any atom is -0.475 e. The van der Waals surface area contributed by atoms with Crippen LogP contribution in [0, 0.1) is 0 Å². The molecule has 1 aliphatic heterocycles. The molecule has 1 amide bonds. The van der Waals surface area contributed by atoms with Crippen LogP contribution in [0.1, 0.15) is 22.5 Å². The smallest absolute Gasteiger partial charge is 0.475 e. The molecule has 1 fully saturated rings. The number of alkyl halides is 3. The summed E-state index contributed by atoms with van der Waals surface area (Å²) < 4.78 is 32.4. The predicted molar refractivity (Wildman–Crippen MR) is 76.4 cm³/mol. The Labute approximate surface area is 133 Å². The van der Waals surface area contributed by atoms with E-state index in [1.54, 1.807) is 12.1 Å². The molecule has 0 saturated carbocycles. The monoisotopic (exact) mass is 358 g/mol. The average Bonchev–Trinajstić information content (AvgIpc) is 3.06. The number of halogens is 4. The van der Waals surface area contributed by atoms with Gasteiger partial charge in [-0.3, -0.25) is 4.79 Å². The summed E-state index contributed by atoms with van der Waals surface area (Å²) in [6.07, 6.45) is -2.74. The fourth-order valence-electron chi connectivity index (χ4n) is 1.67. The van der Waals surface area contributed by atoms with Crippen LogP contribution in [0.25, 0.3) is 0 Å². The van der Waals surface area contributed by atoms with Gasteiger partial charge in [0.1, 0.15) is 0 Å². The molecule has 1 atom stereocenters. The molecule has 3 N–H and O–H groups in total. The number of aliphatic carboxylic acids is 1. The summed E-state index contributed by atoms with van der Waals surface area (Å²) in [5, 5.41) is 13.4. The van der Waals surface area contributed by atoms with E-state index < -0.39 is 12.1 Å². The number of amides is 1. The molecule has 0 spiro atoms. The van der Waals surface area contributed by atoms with Gasteiger partial charge in [0.05, 0.1) is 9.21 Å². The number of thiophene rings is 1. The Balaban J connectivity index is 0.000000295. The van der Waals surface area contributed by atoms with Gasteiger partial charge in [0, 0.05) is 12.6 Å². The second kappa shape index (κ2) is 8.35. The van der Waals surface area contributed by atoms with E-state index in [2.05, 4.69) is 10.6 Å². The van der Waals surface area contributed by atoms with Crippen LogP contribution in [0.5, 0.6) is 0 Å². The van der Waals surface area contributed by atoms with Crippen molar-refractivity contribution in [1.82, 2.24) is 10.6 Å². The number of carboxylic acids is 1. The number of carbonyl (C=O) groups excluding carboxylic acids is 1. The third kappa shape index (κ3) is 6.63. The van der Waals surface area contributed by atoms with Crippen LogP contribution in [0.2, 0.25) is 4.34 Å². The third-order valence-electron chi connectivity index (χ3n) is 2.71. The van der Waals surface area contributed by atoms with Gasteiger partial charge >= 0.3 is 12.1 Å². The molecule has 0 radical (unpaired) electrons. The molecule has 0 aliphatic carbocycles. The minimum absolute atomic E-state index is 0.0272. The molecular weight excluding hydrogens is 345 g/mol. The Morgan fingerprint density at radius 2 is 2.09 bits per heavy atom. The molecule has 1 unspecified atom stereocenters. The maximum absolute atomic E-state index is 11.6. The summed E-state index contributed by atoms with van der Waals surface area (Å²) in [6, 6.07) is 3.93. The zero-order chi connectivity index (χ0) is 16.8. The Bertz CT molecular complexity index is 516. The number of rotatable bonds is 3. The van der Waals surface area contributed by atoms with Gasteiger partial charge in [0.15, 0.2) is 0 Å². The van der Waals surface area contributed by atoms with Crippen LogP contribution in [-0.2, 0) is 4.79 Å². The van der Waals surface area contributed by atoms with Crippen molar-refractivity contribution in [2.75, 3.05) is 13.1 Å². The summed E-state index contributed by atoms with van der Waals surface area (Å²) in [5.41, 5.74) is 0. The highest BCUT2D eigenvalue weighted by molar-refractivity contribution is 7.17. The number of carbonyl (C=O) groups is 2. The van der Waals surface area contributed by atoms with E-state index >= 15 is 0 Å². The maximum atomic E-state index is 11.6. The van der Waals surface area contributed by atoms with Crippen molar-refractivity contribution in [2.45, 2.75) is 25.1 Å². The number of hydrogen-bond acceptors (Lipinski definition) is 4. The first kappa shape index (κ1) is 18.7. The average molecular weight is 359 g/mol. The van der Waals surface area contributed by atoms with E-state index in [1.165, 1.54) is 17.8 Å². The summed E-state index contributed by atoms with van der Waals surface area (Å²) in [4.78, 5) is 21.2. The zero-order valence-electron chi connectivity index (χ0n) is 11.2. The van der Waals surface area contributed by atoms with Gasteiger partial charge in [0.2, 0.25) is 0 Å². The normalized spacial score (nSPS) is 17.5. The molecule has 5 nitrogen and oxygen atoms in total. The van der Waals surface area contributed by atoms with Crippen LogP contribution < -0.4 is 10.6 Å². The van der Waals surface area contributed by atoms with E-state index in [9.17, 15) is 18.0 Å². The van der Waals surface area contributed by atoms with Crippen LogP contribution >= 0.6 is 22.9 Å². The minimum atomic E-state index is -5.08.